The zero-order valence-electron chi connectivity index (χ0n) is 11.8. The van der Waals surface area contributed by atoms with Crippen LogP contribution < -0.4 is 5.32 Å². The Morgan fingerprint density at radius 1 is 1.42 bits per heavy atom. The van der Waals surface area contributed by atoms with Crippen LogP contribution in [0.5, 0.6) is 5.75 Å². The summed E-state index contributed by atoms with van der Waals surface area (Å²) in [4.78, 5) is 14.1. The van der Waals surface area contributed by atoms with Crippen LogP contribution in [-0.2, 0) is 0 Å². The summed E-state index contributed by atoms with van der Waals surface area (Å²) in [5, 5.41) is 12.5. The van der Waals surface area contributed by atoms with Crippen LogP contribution in [0.15, 0.2) is 22.7 Å². The van der Waals surface area contributed by atoms with Crippen molar-refractivity contribution < 1.29 is 9.90 Å². The number of phenolic OH excluding ortho intramolecular Hbond substituents is 1. The summed E-state index contributed by atoms with van der Waals surface area (Å²) in [5.41, 5.74) is 0.456. The van der Waals surface area contributed by atoms with Crippen molar-refractivity contribution in [1.82, 2.24) is 10.2 Å². The lowest BCUT2D eigenvalue weighted by Gasteiger charge is -2.28. The average molecular weight is 329 g/mol. The minimum atomic E-state index is -0.172. The van der Waals surface area contributed by atoms with Crippen molar-refractivity contribution in [2.24, 2.45) is 5.41 Å². The van der Waals surface area contributed by atoms with Crippen molar-refractivity contribution in [2.45, 2.75) is 13.8 Å². The summed E-state index contributed by atoms with van der Waals surface area (Å²) in [6, 6.07) is 4.80. The third-order valence-corrected chi connectivity index (χ3v) is 3.35. The first-order valence-corrected chi connectivity index (χ1v) is 6.92. The SMILES string of the molecule is CN(C)CC(C)(C)CNC(=O)c1ccc(Br)c(O)c1. The fourth-order valence-corrected chi connectivity index (χ4v) is 2.23. The standard InChI is InChI=1S/C14H21BrN2O2/c1-14(2,9-17(3)4)8-16-13(19)10-5-6-11(15)12(18)7-10/h5-7,18H,8-9H2,1-4H3,(H,16,19). The maximum absolute atomic E-state index is 12.0. The van der Waals surface area contributed by atoms with Crippen molar-refractivity contribution in [3.63, 3.8) is 0 Å². The van der Waals surface area contributed by atoms with Gasteiger partial charge in [0.15, 0.2) is 0 Å². The number of nitrogens with one attached hydrogen (secondary N) is 1. The van der Waals surface area contributed by atoms with Gasteiger partial charge in [-0.1, -0.05) is 13.8 Å². The van der Waals surface area contributed by atoms with E-state index in [2.05, 4.69) is 40.0 Å². The topological polar surface area (TPSA) is 52.6 Å². The van der Waals surface area contributed by atoms with E-state index in [1.165, 1.54) is 6.07 Å². The summed E-state index contributed by atoms with van der Waals surface area (Å²) >= 11 is 3.19. The van der Waals surface area contributed by atoms with Gasteiger partial charge in [0, 0.05) is 18.7 Å². The van der Waals surface area contributed by atoms with Gasteiger partial charge in [-0.25, -0.2) is 0 Å². The number of rotatable bonds is 5. The highest BCUT2D eigenvalue weighted by Gasteiger charge is 2.20. The number of halogens is 1. The van der Waals surface area contributed by atoms with Gasteiger partial charge in [0.25, 0.3) is 5.91 Å². The van der Waals surface area contributed by atoms with Crippen LogP contribution in [0.4, 0.5) is 0 Å². The summed E-state index contributed by atoms with van der Waals surface area (Å²) in [6.07, 6.45) is 0. The summed E-state index contributed by atoms with van der Waals surface area (Å²) in [5.74, 6) is -0.102. The van der Waals surface area contributed by atoms with Crippen molar-refractivity contribution in [1.29, 1.82) is 0 Å². The van der Waals surface area contributed by atoms with Crippen molar-refractivity contribution in [2.75, 3.05) is 27.2 Å². The Morgan fingerprint density at radius 2 is 2.05 bits per heavy atom. The van der Waals surface area contributed by atoms with E-state index < -0.39 is 0 Å². The van der Waals surface area contributed by atoms with E-state index in [4.69, 9.17) is 0 Å². The second-order valence-electron chi connectivity index (χ2n) is 5.75. The molecule has 4 nitrogen and oxygen atoms in total. The lowest BCUT2D eigenvalue weighted by Crippen LogP contribution is -2.39. The molecular formula is C14H21BrN2O2. The highest BCUT2D eigenvalue weighted by Crippen LogP contribution is 2.24. The maximum atomic E-state index is 12.0. The second-order valence-corrected chi connectivity index (χ2v) is 6.61. The molecule has 0 spiro atoms. The quantitative estimate of drug-likeness (QED) is 0.873. The minimum absolute atomic E-state index is 0.00340. The number of nitrogens with zero attached hydrogens (tertiary/aromatic N) is 1. The number of carbonyl (C=O) groups is 1. The van der Waals surface area contributed by atoms with E-state index in [-0.39, 0.29) is 17.1 Å². The monoisotopic (exact) mass is 328 g/mol. The van der Waals surface area contributed by atoms with E-state index in [1.807, 2.05) is 14.1 Å². The van der Waals surface area contributed by atoms with Crippen LogP contribution in [0.25, 0.3) is 0 Å². The summed E-state index contributed by atoms with van der Waals surface area (Å²) in [7, 11) is 4.02. The molecule has 0 aliphatic heterocycles. The van der Waals surface area contributed by atoms with E-state index in [0.29, 0.717) is 16.6 Å². The molecular weight excluding hydrogens is 308 g/mol. The van der Waals surface area contributed by atoms with Gasteiger partial charge >= 0.3 is 0 Å². The molecule has 0 aromatic heterocycles. The number of hydrogen-bond acceptors (Lipinski definition) is 3. The molecule has 0 saturated carbocycles. The second kappa shape index (κ2) is 6.39. The largest absolute Gasteiger partial charge is 0.507 e. The van der Waals surface area contributed by atoms with Gasteiger partial charge in [0.2, 0.25) is 0 Å². The maximum Gasteiger partial charge on any atom is 0.251 e. The van der Waals surface area contributed by atoms with Gasteiger partial charge < -0.3 is 15.3 Å². The molecule has 0 aliphatic rings. The van der Waals surface area contributed by atoms with Crippen molar-refractivity contribution in [3.05, 3.63) is 28.2 Å². The van der Waals surface area contributed by atoms with Crippen LogP contribution in [0.2, 0.25) is 0 Å². The van der Waals surface area contributed by atoms with Crippen LogP contribution >= 0.6 is 15.9 Å². The highest BCUT2D eigenvalue weighted by atomic mass is 79.9. The molecule has 1 aromatic rings. The number of carbonyl (C=O) groups excluding carboxylic acids is 1. The van der Waals surface area contributed by atoms with Crippen LogP contribution in [0, 0.1) is 5.41 Å². The van der Waals surface area contributed by atoms with Crippen LogP contribution in [0.1, 0.15) is 24.2 Å². The third kappa shape index (κ3) is 5.20. The van der Waals surface area contributed by atoms with E-state index in [9.17, 15) is 9.90 Å². The molecule has 0 saturated heterocycles. The Kier molecular flexibility index (Phi) is 5.38. The first kappa shape index (κ1) is 16.0. The fraction of sp³-hybridized carbons (Fsp3) is 0.500. The van der Waals surface area contributed by atoms with Crippen molar-refractivity contribution >= 4 is 21.8 Å². The summed E-state index contributed by atoms with van der Waals surface area (Å²) < 4.78 is 0.581. The Morgan fingerprint density at radius 3 is 2.58 bits per heavy atom. The zero-order valence-corrected chi connectivity index (χ0v) is 13.4. The third-order valence-electron chi connectivity index (χ3n) is 2.68. The Bertz CT molecular complexity index is 459. The lowest BCUT2D eigenvalue weighted by atomic mass is 9.93. The molecule has 0 atom stereocenters. The number of aromatic hydroxyl groups is 1. The predicted octanol–water partition coefficient (Wildman–Crippen LogP) is 2.47. The van der Waals surface area contributed by atoms with Crippen LogP contribution in [0.3, 0.4) is 0 Å². The predicted molar refractivity (Wildman–Crippen MR) is 80.5 cm³/mol. The lowest BCUT2D eigenvalue weighted by molar-refractivity contribution is 0.0929. The molecule has 1 rings (SSSR count). The molecule has 0 fully saturated rings. The molecule has 0 radical (unpaired) electrons. The van der Waals surface area contributed by atoms with Gasteiger partial charge in [0.1, 0.15) is 5.75 Å². The molecule has 0 bridgehead atoms. The Hall–Kier alpha value is -1.07. The van der Waals surface area contributed by atoms with Gasteiger partial charge in [-0.2, -0.15) is 0 Å². The molecule has 5 heteroatoms. The molecule has 19 heavy (non-hydrogen) atoms. The zero-order chi connectivity index (χ0) is 14.6. The minimum Gasteiger partial charge on any atom is -0.507 e. The highest BCUT2D eigenvalue weighted by molar-refractivity contribution is 9.10. The number of phenols is 1. The fourth-order valence-electron chi connectivity index (χ4n) is 1.99. The number of hydrogen-bond donors (Lipinski definition) is 2. The Labute approximate surface area is 122 Å². The van der Waals surface area contributed by atoms with E-state index in [0.717, 1.165) is 6.54 Å². The Balaban J connectivity index is 2.62. The molecule has 0 aliphatic carbocycles. The first-order chi connectivity index (χ1) is 8.71. The van der Waals surface area contributed by atoms with Crippen molar-refractivity contribution in [3.8, 4) is 5.75 Å². The molecule has 1 amide bonds. The molecule has 106 valence electrons. The van der Waals surface area contributed by atoms with Gasteiger partial charge in [-0.05, 0) is 53.6 Å². The smallest absolute Gasteiger partial charge is 0.251 e. The average Bonchev–Trinajstić information content (AvgIpc) is 2.28. The summed E-state index contributed by atoms with van der Waals surface area (Å²) in [6.45, 7) is 5.68. The molecule has 0 unspecified atom stereocenters. The molecule has 2 N–H and O–H groups in total. The molecule has 0 heterocycles. The van der Waals surface area contributed by atoms with Crippen LogP contribution in [-0.4, -0.2) is 43.1 Å². The normalized spacial score (nSPS) is 11.7. The van der Waals surface area contributed by atoms with Gasteiger partial charge in [-0.15, -0.1) is 0 Å². The number of amides is 1. The van der Waals surface area contributed by atoms with Gasteiger partial charge in [0.05, 0.1) is 4.47 Å². The number of benzene rings is 1. The van der Waals surface area contributed by atoms with Gasteiger partial charge in [-0.3, -0.25) is 4.79 Å². The van der Waals surface area contributed by atoms with E-state index >= 15 is 0 Å². The molecule has 1 aromatic carbocycles. The van der Waals surface area contributed by atoms with E-state index in [1.54, 1.807) is 12.1 Å². The first-order valence-electron chi connectivity index (χ1n) is 6.13.